The molecule has 1 amide bonds. The van der Waals surface area contributed by atoms with Gasteiger partial charge in [0.25, 0.3) is 5.91 Å². The summed E-state index contributed by atoms with van der Waals surface area (Å²) in [5, 5.41) is 17.4. The number of H-pyrrole nitrogens is 1. The van der Waals surface area contributed by atoms with Gasteiger partial charge < -0.3 is 48.9 Å². The number of aliphatic hydroxyl groups is 1. The first-order valence-electron chi connectivity index (χ1n) is 25.2. The van der Waals surface area contributed by atoms with E-state index in [1.165, 1.54) is 28.3 Å². The highest BCUT2D eigenvalue weighted by atomic mass is 16.6. The lowest BCUT2D eigenvalue weighted by Gasteiger charge is -2.63. The molecule has 16 heteroatoms. The van der Waals surface area contributed by atoms with Crippen LogP contribution in [0.1, 0.15) is 74.4 Å². The lowest BCUT2D eigenvalue weighted by atomic mass is 9.47. The van der Waals surface area contributed by atoms with Gasteiger partial charge in [-0.25, -0.2) is 9.59 Å². The number of benzene rings is 3. The molecule has 0 radical (unpaired) electrons. The number of fused-ring (bicyclic) bond motifs is 6. The zero-order valence-corrected chi connectivity index (χ0v) is 42.8. The fraction of sp³-hybridized carbons (Fsp3) is 0.456. The minimum atomic E-state index is -2.39. The van der Waals surface area contributed by atoms with E-state index in [1.807, 2.05) is 110 Å². The van der Waals surface area contributed by atoms with Crippen LogP contribution < -0.4 is 15.0 Å². The maximum Gasteiger partial charge on any atom is 0.344 e. The molecule has 10 rings (SSSR count). The highest BCUT2D eigenvalue weighted by molar-refractivity contribution is 6.04. The number of carbonyl (C=O) groups is 5. The summed E-state index contributed by atoms with van der Waals surface area (Å²) in [6, 6.07) is 19.7. The fourth-order valence-corrected chi connectivity index (χ4v) is 14.5. The van der Waals surface area contributed by atoms with Crippen molar-refractivity contribution in [1.29, 1.82) is 0 Å². The Bertz CT molecular complexity index is 3020. The van der Waals surface area contributed by atoms with E-state index in [9.17, 15) is 24.3 Å². The molecule has 384 valence electrons. The number of aromatic nitrogens is 1. The number of hydrogen-bond acceptors (Lipinski definition) is 14. The summed E-state index contributed by atoms with van der Waals surface area (Å²) in [6.07, 6.45) is 6.43. The molecule has 1 aromatic heterocycles. The minimum absolute atomic E-state index is 0.112. The Morgan fingerprint density at radius 3 is 2.33 bits per heavy atom. The van der Waals surface area contributed by atoms with Crippen molar-refractivity contribution < 1.29 is 52.8 Å². The van der Waals surface area contributed by atoms with Crippen molar-refractivity contribution in [3.63, 3.8) is 0 Å². The molecule has 2 fully saturated rings. The van der Waals surface area contributed by atoms with Crippen molar-refractivity contribution in [2.45, 2.75) is 94.0 Å². The predicted octanol–water partition coefficient (Wildman–Crippen LogP) is 5.54. The zero-order chi connectivity index (χ0) is 51.8. The van der Waals surface area contributed by atoms with E-state index in [0.717, 1.165) is 22.1 Å². The molecule has 1 saturated heterocycles. The normalized spacial score (nSPS) is 30.0. The predicted molar refractivity (Wildman–Crippen MR) is 271 cm³/mol. The Balaban J connectivity index is 1.27. The second kappa shape index (κ2) is 18.5. The third kappa shape index (κ3) is 7.17. The van der Waals surface area contributed by atoms with Crippen LogP contribution in [-0.4, -0.2) is 135 Å². The summed E-state index contributed by atoms with van der Waals surface area (Å²) in [6.45, 7) is 7.32. The lowest BCUT2D eigenvalue weighted by Crippen LogP contribution is -2.81. The van der Waals surface area contributed by atoms with Crippen LogP contribution in [0.3, 0.4) is 0 Å². The highest BCUT2D eigenvalue weighted by Gasteiger charge is 2.80. The first-order valence-corrected chi connectivity index (χ1v) is 25.2. The van der Waals surface area contributed by atoms with Gasteiger partial charge in [-0.05, 0) is 67.0 Å². The first-order chi connectivity index (χ1) is 35.1. The summed E-state index contributed by atoms with van der Waals surface area (Å²) in [7, 11) is 7.28. The first kappa shape index (κ1) is 49.7. The van der Waals surface area contributed by atoms with Gasteiger partial charge >= 0.3 is 23.9 Å². The van der Waals surface area contributed by atoms with E-state index in [1.54, 1.807) is 7.11 Å². The summed E-state index contributed by atoms with van der Waals surface area (Å²) >= 11 is 0. The van der Waals surface area contributed by atoms with Gasteiger partial charge in [0.2, 0.25) is 5.60 Å². The van der Waals surface area contributed by atoms with Crippen molar-refractivity contribution in [1.82, 2.24) is 20.1 Å². The number of anilines is 1. The zero-order valence-electron chi connectivity index (χ0n) is 42.8. The van der Waals surface area contributed by atoms with Gasteiger partial charge in [-0.15, -0.1) is 0 Å². The molecule has 6 aliphatic rings. The number of carbonyl (C=O) groups excluding carboxylic acids is 5. The van der Waals surface area contributed by atoms with Crippen LogP contribution in [0, 0.1) is 11.3 Å². The van der Waals surface area contributed by atoms with Crippen LogP contribution in [0.5, 0.6) is 5.75 Å². The number of rotatable bonds is 11. The third-order valence-corrected chi connectivity index (χ3v) is 17.2. The van der Waals surface area contributed by atoms with E-state index < -0.39 is 75.7 Å². The molecule has 0 unspecified atom stereocenters. The van der Waals surface area contributed by atoms with Crippen LogP contribution >= 0.6 is 0 Å². The number of amides is 1. The number of methoxy groups -OCH3 is 4. The second-order valence-electron chi connectivity index (χ2n) is 20.6. The number of esters is 4. The smallest absolute Gasteiger partial charge is 0.344 e. The van der Waals surface area contributed by atoms with Gasteiger partial charge in [0.05, 0.1) is 40.1 Å². The van der Waals surface area contributed by atoms with Gasteiger partial charge in [0.15, 0.2) is 6.10 Å². The molecule has 3 aromatic carbocycles. The van der Waals surface area contributed by atoms with Crippen molar-refractivity contribution >= 4 is 46.4 Å². The summed E-state index contributed by atoms with van der Waals surface area (Å²) < 4.78 is 29.8. The van der Waals surface area contributed by atoms with Crippen LogP contribution in [-0.2, 0) is 66.7 Å². The SMILES string of the molecule is CCC1=C[C@H]2CN(C1)/C(C(=O)NCc1ccccc1)=C(/C(=O)OC)Cc1c([nH]c3ccccc13)[C@@](C(=O)OC)(c1cc3c(cc1OC)N(C)[C@H]1[C@@](O)(C(=O)OC)[C@H](OC(C)=O)[C@]4(CC)C=CCN5CC[C@]31[C@@H]54)C2. The van der Waals surface area contributed by atoms with Crippen molar-refractivity contribution in [2.75, 3.05) is 66.6 Å². The highest BCUT2D eigenvalue weighted by Crippen LogP contribution is 2.68. The minimum Gasteiger partial charge on any atom is -0.496 e. The van der Waals surface area contributed by atoms with Crippen LogP contribution in [0.25, 0.3) is 10.9 Å². The number of aromatic amines is 1. The Kier molecular flexibility index (Phi) is 12.6. The van der Waals surface area contributed by atoms with Crippen LogP contribution in [0.15, 0.2) is 102 Å². The molecule has 1 spiro atoms. The molecule has 6 heterocycles. The van der Waals surface area contributed by atoms with Gasteiger partial charge in [-0.3, -0.25) is 19.3 Å². The van der Waals surface area contributed by atoms with Gasteiger partial charge in [0, 0.05) is 97.4 Å². The van der Waals surface area contributed by atoms with E-state index in [0.29, 0.717) is 72.7 Å². The molecule has 8 atom stereocenters. The standard InChI is InChI=1S/C57H65N5O11/c1-9-34-25-36-29-56(52(66)71-7,46-38(37-19-14-15-20-42(37)59-46)26-39(48(65)70-6)45(62(31-34)32-36)47(64)58-30-35-17-12-11-13-18-35)41-27-40-43(28-44(41)69-5)60(4)50-55(40)22-24-61-23-16-21-54(10-2,49(55)61)51(73-33(3)63)57(50,68)53(67)72-8/h11-21,25,27-28,36,49-51,59,68H,9-10,22-24,26,29-32H2,1-8H3,(H,58,64)/b45-39+/t36-,49+,50-,51-,54-,55-,56+,57+/m1/s1. The van der Waals surface area contributed by atoms with E-state index >= 15 is 4.79 Å². The largest absolute Gasteiger partial charge is 0.496 e. The van der Waals surface area contributed by atoms with Gasteiger partial charge in [-0.2, -0.15) is 0 Å². The van der Waals surface area contributed by atoms with Gasteiger partial charge in [-0.1, -0.05) is 86.2 Å². The number of nitrogens with one attached hydrogen (secondary N) is 2. The molecule has 2 bridgehead atoms. The molecular formula is C57H65N5O11. The summed E-state index contributed by atoms with van der Waals surface area (Å²) in [5.41, 5.74) is -0.324. The Hall–Kier alpha value is -6.91. The quantitative estimate of drug-likeness (QED) is 0.0966. The van der Waals surface area contributed by atoms with Crippen LogP contribution in [0.2, 0.25) is 0 Å². The lowest BCUT2D eigenvalue weighted by molar-refractivity contribution is -0.228. The number of ether oxygens (including phenoxy) is 5. The average molecular weight is 996 g/mol. The molecular weight excluding hydrogens is 931 g/mol. The maximum atomic E-state index is 15.9. The third-order valence-electron chi connectivity index (χ3n) is 17.2. The molecule has 16 nitrogen and oxygen atoms in total. The van der Waals surface area contributed by atoms with E-state index in [4.69, 9.17) is 23.7 Å². The Morgan fingerprint density at radius 2 is 1.64 bits per heavy atom. The van der Waals surface area contributed by atoms with Gasteiger partial charge in [0.1, 0.15) is 16.9 Å². The van der Waals surface area contributed by atoms with E-state index in [-0.39, 0.29) is 37.2 Å². The Labute approximate surface area is 425 Å². The molecule has 1 aliphatic carbocycles. The fourth-order valence-electron chi connectivity index (χ4n) is 14.5. The van der Waals surface area contributed by atoms with Crippen molar-refractivity contribution in [2.24, 2.45) is 11.3 Å². The molecule has 3 N–H and O–H groups in total. The molecule has 4 aromatic rings. The monoisotopic (exact) mass is 995 g/mol. The number of para-hydroxylation sites is 1. The number of likely N-dealkylation sites (N-methyl/N-ethyl adjacent to an activating group) is 1. The van der Waals surface area contributed by atoms with E-state index in [2.05, 4.69) is 21.3 Å². The molecule has 73 heavy (non-hydrogen) atoms. The second-order valence-corrected chi connectivity index (χ2v) is 20.6. The molecule has 1 saturated carbocycles. The van der Waals surface area contributed by atoms with Crippen LogP contribution in [0.4, 0.5) is 5.69 Å². The average Bonchev–Trinajstić information content (AvgIpc) is 4.06. The summed E-state index contributed by atoms with van der Waals surface area (Å²) in [5.74, 6) is -3.37. The topological polar surface area (TPSA) is 189 Å². The molecule has 5 aliphatic heterocycles. The Morgan fingerprint density at radius 1 is 0.904 bits per heavy atom. The van der Waals surface area contributed by atoms with Crippen molar-refractivity contribution in [3.05, 3.63) is 130 Å². The number of nitrogens with zero attached hydrogens (tertiary/aromatic N) is 3. The maximum absolute atomic E-state index is 15.9. The van der Waals surface area contributed by atoms with Crippen molar-refractivity contribution in [3.8, 4) is 5.75 Å². The number of hydrogen-bond donors (Lipinski definition) is 3. The summed E-state index contributed by atoms with van der Waals surface area (Å²) in [4.78, 5) is 83.0.